The quantitative estimate of drug-likeness (QED) is 0.689. The second-order valence-corrected chi connectivity index (χ2v) is 4.46. The van der Waals surface area contributed by atoms with E-state index in [4.69, 9.17) is 10.5 Å². The maximum absolute atomic E-state index is 6.02. The molecule has 5 nitrogen and oxygen atoms in total. The monoisotopic (exact) mass is 232 g/mol. The molecule has 0 amide bonds. The maximum atomic E-state index is 6.02. The first kappa shape index (κ1) is 10.4. The summed E-state index contributed by atoms with van der Waals surface area (Å²) in [6.07, 6.45) is 4.00. The first-order chi connectivity index (χ1) is 8.33. The fourth-order valence-electron chi connectivity index (χ4n) is 2.21. The summed E-state index contributed by atoms with van der Waals surface area (Å²) < 4.78 is 5.44. The molecule has 17 heavy (non-hydrogen) atoms. The number of nitrogens with one attached hydrogen (secondary N) is 2. The van der Waals surface area contributed by atoms with E-state index in [9.17, 15) is 0 Å². The second kappa shape index (κ2) is 4.25. The van der Waals surface area contributed by atoms with Crippen LogP contribution in [0.4, 0.5) is 11.4 Å². The minimum atomic E-state index is 0.353. The lowest BCUT2D eigenvalue weighted by atomic mass is 10.1. The Hall–Kier alpha value is -1.75. The van der Waals surface area contributed by atoms with Gasteiger partial charge in [-0.05, 0) is 25.0 Å². The van der Waals surface area contributed by atoms with Gasteiger partial charge in [-0.15, -0.1) is 0 Å². The zero-order chi connectivity index (χ0) is 11.7. The van der Waals surface area contributed by atoms with Crippen LogP contribution in [0.2, 0.25) is 0 Å². The molecular weight excluding hydrogens is 216 g/mol. The Morgan fingerprint density at radius 1 is 1.47 bits per heavy atom. The summed E-state index contributed by atoms with van der Waals surface area (Å²) in [5, 5.41) is 11.4. The molecule has 1 fully saturated rings. The van der Waals surface area contributed by atoms with Crippen LogP contribution >= 0.6 is 0 Å². The first-order valence-electron chi connectivity index (χ1n) is 5.90. The minimum Gasteiger partial charge on any atom is -0.397 e. The van der Waals surface area contributed by atoms with E-state index in [1.54, 1.807) is 6.20 Å². The van der Waals surface area contributed by atoms with Crippen molar-refractivity contribution < 1.29 is 4.74 Å². The van der Waals surface area contributed by atoms with Gasteiger partial charge < -0.3 is 15.8 Å². The Morgan fingerprint density at radius 3 is 3.24 bits per heavy atom. The summed E-state index contributed by atoms with van der Waals surface area (Å²) in [6, 6.07) is 4.29. The van der Waals surface area contributed by atoms with Crippen LogP contribution < -0.4 is 11.1 Å². The van der Waals surface area contributed by atoms with E-state index in [1.165, 1.54) is 0 Å². The fraction of sp³-hybridized carbons (Fsp3) is 0.417. The number of hydrogen-bond acceptors (Lipinski definition) is 4. The zero-order valence-electron chi connectivity index (χ0n) is 9.57. The molecule has 0 saturated carbocycles. The van der Waals surface area contributed by atoms with Crippen LogP contribution in [0.15, 0.2) is 18.3 Å². The molecule has 1 aliphatic heterocycles. The van der Waals surface area contributed by atoms with Crippen LogP contribution in [-0.2, 0) is 4.74 Å². The minimum absolute atomic E-state index is 0.353. The number of rotatable bonds is 2. The highest BCUT2D eigenvalue weighted by atomic mass is 16.5. The van der Waals surface area contributed by atoms with E-state index < -0.39 is 0 Å². The highest BCUT2D eigenvalue weighted by Crippen LogP contribution is 2.26. The summed E-state index contributed by atoms with van der Waals surface area (Å²) in [7, 11) is 0. The van der Waals surface area contributed by atoms with Gasteiger partial charge in [-0.1, -0.05) is 0 Å². The fourth-order valence-corrected chi connectivity index (χ4v) is 2.21. The molecule has 0 bridgehead atoms. The molecule has 5 heteroatoms. The van der Waals surface area contributed by atoms with Crippen molar-refractivity contribution in [1.82, 2.24) is 10.2 Å². The van der Waals surface area contributed by atoms with Gasteiger partial charge in [0.15, 0.2) is 0 Å². The van der Waals surface area contributed by atoms with Crippen LogP contribution in [0, 0.1) is 0 Å². The first-order valence-corrected chi connectivity index (χ1v) is 5.90. The Balaban J connectivity index is 1.85. The van der Waals surface area contributed by atoms with Gasteiger partial charge in [0, 0.05) is 18.0 Å². The smallest absolute Gasteiger partial charge is 0.0672 e. The van der Waals surface area contributed by atoms with Gasteiger partial charge in [0.05, 0.1) is 29.7 Å². The average molecular weight is 232 g/mol. The van der Waals surface area contributed by atoms with Crippen molar-refractivity contribution in [2.75, 3.05) is 24.3 Å². The molecule has 1 aliphatic rings. The highest BCUT2D eigenvalue weighted by Gasteiger charge is 2.15. The number of aromatic amines is 1. The summed E-state index contributed by atoms with van der Waals surface area (Å²) in [5.41, 5.74) is 8.73. The molecule has 2 heterocycles. The molecule has 1 unspecified atom stereocenters. The third kappa shape index (κ3) is 2.06. The van der Waals surface area contributed by atoms with E-state index in [0.29, 0.717) is 6.04 Å². The summed E-state index contributed by atoms with van der Waals surface area (Å²) >= 11 is 0. The summed E-state index contributed by atoms with van der Waals surface area (Å²) in [5.74, 6) is 0. The molecule has 3 rings (SSSR count). The van der Waals surface area contributed by atoms with Gasteiger partial charge in [0.2, 0.25) is 0 Å². The molecule has 1 saturated heterocycles. The van der Waals surface area contributed by atoms with Crippen molar-refractivity contribution in [2.24, 2.45) is 0 Å². The number of ether oxygens (including phenoxy) is 1. The van der Waals surface area contributed by atoms with E-state index in [0.717, 1.165) is 48.3 Å². The lowest BCUT2D eigenvalue weighted by molar-refractivity contribution is 0.0876. The molecule has 0 radical (unpaired) electrons. The lowest BCUT2D eigenvalue weighted by Gasteiger charge is -2.24. The van der Waals surface area contributed by atoms with Crippen molar-refractivity contribution in [1.29, 1.82) is 0 Å². The van der Waals surface area contributed by atoms with Gasteiger partial charge >= 0.3 is 0 Å². The number of nitrogens with two attached hydrogens (primary N) is 1. The molecule has 4 N–H and O–H groups in total. The Labute approximate surface area is 99.3 Å². The molecular formula is C12H16N4O. The Morgan fingerprint density at radius 2 is 2.41 bits per heavy atom. The van der Waals surface area contributed by atoms with E-state index in [2.05, 4.69) is 15.5 Å². The predicted octanol–water partition coefficient (Wildman–Crippen LogP) is 1.74. The number of fused-ring (bicyclic) bond motifs is 1. The van der Waals surface area contributed by atoms with Crippen LogP contribution in [0.3, 0.4) is 0 Å². The van der Waals surface area contributed by atoms with Crippen molar-refractivity contribution in [2.45, 2.75) is 18.9 Å². The highest BCUT2D eigenvalue weighted by molar-refractivity contribution is 5.88. The molecule has 1 aromatic heterocycles. The molecule has 2 aromatic rings. The number of nitrogen functional groups attached to an aromatic ring is 1. The number of H-pyrrole nitrogens is 1. The maximum Gasteiger partial charge on any atom is 0.0672 e. The van der Waals surface area contributed by atoms with Gasteiger partial charge in [0.1, 0.15) is 0 Å². The van der Waals surface area contributed by atoms with Gasteiger partial charge in [0.25, 0.3) is 0 Å². The molecule has 90 valence electrons. The number of nitrogens with zero attached hydrogens (tertiary/aromatic N) is 1. The molecule has 0 aliphatic carbocycles. The van der Waals surface area contributed by atoms with Crippen LogP contribution in [-0.4, -0.2) is 29.5 Å². The van der Waals surface area contributed by atoms with Crippen molar-refractivity contribution in [3.8, 4) is 0 Å². The van der Waals surface area contributed by atoms with E-state index in [1.807, 2.05) is 12.1 Å². The van der Waals surface area contributed by atoms with Crippen molar-refractivity contribution >= 4 is 22.3 Å². The Bertz CT molecular complexity index is 516. The number of hydrogen-bond donors (Lipinski definition) is 3. The zero-order valence-corrected chi connectivity index (χ0v) is 9.57. The normalized spacial score (nSPS) is 20.6. The number of benzene rings is 1. The molecule has 0 spiro atoms. The molecule has 1 atom stereocenters. The largest absolute Gasteiger partial charge is 0.397 e. The average Bonchev–Trinajstić information content (AvgIpc) is 2.78. The summed E-state index contributed by atoms with van der Waals surface area (Å²) in [4.78, 5) is 0. The van der Waals surface area contributed by atoms with Crippen molar-refractivity contribution in [3.63, 3.8) is 0 Å². The topological polar surface area (TPSA) is 76.0 Å². The van der Waals surface area contributed by atoms with Crippen LogP contribution in [0.5, 0.6) is 0 Å². The summed E-state index contributed by atoms with van der Waals surface area (Å²) in [6.45, 7) is 1.62. The number of anilines is 2. The van der Waals surface area contributed by atoms with E-state index in [-0.39, 0.29) is 0 Å². The van der Waals surface area contributed by atoms with Gasteiger partial charge in [-0.25, -0.2) is 0 Å². The van der Waals surface area contributed by atoms with Gasteiger partial charge in [-0.3, -0.25) is 5.10 Å². The predicted molar refractivity (Wildman–Crippen MR) is 68.0 cm³/mol. The van der Waals surface area contributed by atoms with Crippen LogP contribution in [0.1, 0.15) is 12.8 Å². The second-order valence-electron chi connectivity index (χ2n) is 4.46. The standard InChI is InChI=1S/C12H16N4O/c13-10-4-8-6-14-16-11(8)5-12(10)15-9-2-1-3-17-7-9/h4-6,9,15H,1-3,7,13H2,(H,14,16). The third-order valence-electron chi connectivity index (χ3n) is 3.13. The van der Waals surface area contributed by atoms with Crippen molar-refractivity contribution in [3.05, 3.63) is 18.3 Å². The lowest BCUT2D eigenvalue weighted by Crippen LogP contribution is -2.30. The number of aromatic nitrogens is 2. The van der Waals surface area contributed by atoms with Gasteiger partial charge in [-0.2, -0.15) is 5.10 Å². The molecule has 1 aromatic carbocycles. The van der Waals surface area contributed by atoms with E-state index >= 15 is 0 Å². The van der Waals surface area contributed by atoms with Crippen LogP contribution in [0.25, 0.3) is 10.9 Å². The SMILES string of the molecule is Nc1cc2cn[nH]c2cc1NC1CCCOC1. The third-order valence-corrected chi connectivity index (χ3v) is 3.13. The Kier molecular flexibility index (Phi) is 2.60.